The molecular formula is C13H6BrCl2N3O2. The Morgan fingerprint density at radius 2 is 2.00 bits per heavy atom. The van der Waals surface area contributed by atoms with Gasteiger partial charge in [-0.2, -0.15) is 0 Å². The molecule has 0 radical (unpaired) electrons. The van der Waals surface area contributed by atoms with E-state index >= 15 is 0 Å². The summed E-state index contributed by atoms with van der Waals surface area (Å²) in [5.74, 6) is 0.368. The second-order valence-electron chi connectivity index (χ2n) is 4.08. The number of rotatable bonds is 2. The lowest BCUT2D eigenvalue weighted by atomic mass is 10.1. The normalized spacial score (nSPS) is 10.8. The molecule has 1 aromatic carbocycles. The first-order valence-corrected chi connectivity index (χ1v) is 7.27. The smallest absolute Gasteiger partial charge is 0.350 e. The van der Waals surface area contributed by atoms with Gasteiger partial charge in [-0.25, -0.2) is 9.48 Å². The topological polar surface area (TPSA) is 60.9 Å². The van der Waals surface area contributed by atoms with Gasteiger partial charge in [0.05, 0.1) is 11.9 Å². The zero-order valence-electron chi connectivity index (χ0n) is 10.3. The van der Waals surface area contributed by atoms with E-state index in [1.807, 2.05) is 0 Å². The zero-order valence-corrected chi connectivity index (χ0v) is 13.4. The van der Waals surface area contributed by atoms with Gasteiger partial charge in [0.25, 0.3) is 0 Å². The van der Waals surface area contributed by atoms with Crippen molar-refractivity contribution < 1.29 is 4.42 Å². The first-order chi connectivity index (χ1) is 10.0. The highest BCUT2D eigenvalue weighted by molar-refractivity contribution is 9.10. The average molecular weight is 387 g/mol. The van der Waals surface area contributed by atoms with Crippen molar-refractivity contribution in [3.05, 3.63) is 61.6 Å². The fourth-order valence-corrected chi connectivity index (χ4v) is 2.32. The van der Waals surface area contributed by atoms with Gasteiger partial charge in [-0.3, -0.25) is 0 Å². The van der Waals surface area contributed by atoms with E-state index in [1.165, 1.54) is 4.68 Å². The van der Waals surface area contributed by atoms with Gasteiger partial charge < -0.3 is 4.42 Å². The van der Waals surface area contributed by atoms with Crippen LogP contribution < -0.4 is 5.63 Å². The standard InChI is InChI=1S/C13H6BrCl2N3O2/c14-9-2-4-11(21-13(9)20)8-5-7(15)1-3-10(8)19-6-12(16)17-18-19/h1-6H. The van der Waals surface area contributed by atoms with Gasteiger partial charge >= 0.3 is 5.63 Å². The van der Waals surface area contributed by atoms with Crippen LogP contribution in [0.25, 0.3) is 17.0 Å². The third-order valence-electron chi connectivity index (χ3n) is 2.72. The minimum absolute atomic E-state index is 0.258. The highest BCUT2D eigenvalue weighted by Crippen LogP contribution is 2.29. The van der Waals surface area contributed by atoms with Crippen LogP contribution in [0.1, 0.15) is 0 Å². The van der Waals surface area contributed by atoms with Gasteiger partial charge in [0, 0.05) is 10.6 Å². The summed E-state index contributed by atoms with van der Waals surface area (Å²) in [5, 5.41) is 8.39. The molecule has 2 aromatic heterocycles. The lowest BCUT2D eigenvalue weighted by molar-refractivity contribution is 0.521. The van der Waals surface area contributed by atoms with Gasteiger partial charge in [-0.1, -0.05) is 28.4 Å². The first-order valence-electron chi connectivity index (χ1n) is 5.72. The van der Waals surface area contributed by atoms with Crippen molar-refractivity contribution in [2.75, 3.05) is 0 Å². The third-order valence-corrected chi connectivity index (χ3v) is 3.71. The molecule has 0 unspecified atom stereocenters. The molecule has 0 N–H and O–H groups in total. The van der Waals surface area contributed by atoms with Crippen LogP contribution in [0.5, 0.6) is 0 Å². The maximum atomic E-state index is 11.6. The second kappa shape index (κ2) is 5.63. The van der Waals surface area contributed by atoms with Crippen LogP contribution in [-0.2, 0) is 0 Å². The van der Waals surface area contributed by atoms with Crippen molar-refractivity contribution in [1.82, 2.24) is 15.0 Å². The Labute approximate surface area is 137 Å². The molecule has 0 saturated carbocycles. The van der Waals surface area contributed by atoms with Gasteiger partial charge in [0.2, 0.25) is 0 Å². The molecule has 0 atom stereocenters. The molecule has 21 heavy (non-hydrogen) atoms. The van der Waals surface area contributed by atoms with Crippen LogP contribution in [0.2, 0.25) is 10.2 Å². The lowest BCUT2D eigenvalue weighted by Gasteiger charge is -2.08. The summed E-state index contributed by atoms with van der Waals surface area (Å²) < 4.78 is 7.09. The Morgan fingerprint density at radius 3 is 2.67 bits per heavy atom. The van der Waals surface area contributed by atoms with E-state index in [1.54, 1.807) is 36.5 Å². The molecule has 0 amide bonds. The van der Waals surface area contributed by atoms with E-state index in [2.05, 4.69) is 26.2 Å². The van der Waals surface area contributed by atoms with Crippen molar-refractivity contribution in [2.45, 2.75) is 0 Å². The maximum Gasteiger partial charge on any atom is 0.350 e. The van der Waals surface area contributed by atoms with Gasteiger partial charge in [0.1, 0.15) is 10.2 Å². The van der Waals surface area contributed by atoms with Gasteiger partial charge in [-0.05, 0) is 46.3 Å². The summed E-state index contributed by atoms with van der Waals surface area (Å²) in [7, 11) is 0. The molecule has 2 heterocycles. The van der Waals surface area contributed by atoms with Crippen molar-refractivity contribution in [2.24, 2.45) is 0 Å². The van der Waals surface area contributed by atoms with Crippen molar-refractivity contribution in [1.29, 1.82) is 0 Å². The summed E-state index contributed by atoms with van der Waals surface area (Å²) in [5.41, 5.74) is 0.771. The Morgan fingerprint density at radius 1 is 1.19 bits per heavy atom. The highest BCUT2D eigenvalue weighted by Gasteiger charge is 2.13. The molecule has 0 spiro atoms. The SMILES string of the molecule is O=c1oc(-c2cc(Cl)ccc2-n2cc(Cl)nn2)ccc1Br. The predicted molar refractivity (Wildman–Crippen MR) is 83.1 cm³/mol. The Kier molecular flexibility index (Phi) is 3.84. The monoisotopic (exact) mass is 385 g/mol. The lowest BCUT2D eigenvalue weighted by Crippen LogP contribution is -2.02. The minimum atomic E-state index is -0.477. The summed E-state index contributed by atoms with van der Waals surface area (Å²) in [4.78, 5) is 11.6. The summed E-state index contributed by atoms with van der Waals surface area (Å²) in [6.07, 6.45) is 1.55. The molecule has 3 rings (SSSR count). The molecule has 0 aliphatic carbocycles. The zero-order chi connectivity index (χ0) is 15.0. The molecule has 0 aliphatic rings. The Hall–Kier alpha value is -1.63. The molecule has 5 nitrogen and oxygen atoms in total. The summed E-state index contributed by atoms with van der Waals surface area (Å²) >= 11 is 14.9. The number of hydrogen-bond acceptors (Lipinski definition) is 4. The number of aromatic nitrogens is 3. The molecule has 8 heteroatoms. The van der Waals surface area contributed by atoms with E-state index in [0.717, 1.165) is 0 Å². The van der Waals surface area contributed by atoms with Crippen LogP contribution in [0.15, 0.2) is 50.2 Å². The van der Waals surface area contributed by atoms with E-state index in [0.29, 0.717) is 26.5 Å². The number of benzene rings is 1. The maximum absolute atomic E-state index is 11.6. The highest BCUT2D eigenvalue weighted by atomic mass is 79.9. The van der Waals surface area contributed by atoms with E-state index in [9.17, 15) is 4.79 Å². The molecular weight excluding hydrogens is 381 g/mol. The van der Waals surface area contributed by atoms with Crippen LogP contribution in [-0.4, -0.2) is 15.0 Å². The average Bonchev–Trinajstić information content (AvgIpc) is 2.88. The quantitative estimate of drug-likeness (QED) is 0.668. The third kappa shape index (κ3) is 2.88. The van der Waals surface area contributed by atoms with E-state index < -0.39 is 5.63 Å². The molecule has 0 bridgehead atoms. The minimum Gasteiger partial charge on any atom is -0.422 e. The molecule has 0 saturated heterocycles. The molecule has 0 aliphatic heterocycles. The van der Waals surface area contributed by atoms with E-state index in [-0.39, 0.29) is 5.15 Å². The summed E-state index contributed by atoms with van der Waals surface area (Å²) in [6, 6.07) is 8.40. The van der Waals surface area contributed by atoms with Crippen LogP contribution in [0, 0.1) is 0 Å². The van der Waals surface area contributed by atoms with Gasteiger partial charge in [0.15, 0.2) is 5.15 Å². The second-order valence-corrected chi connectivity index (χ2v) is 5.76. The van der Waals surface area contributed by atoms with Crippen molar-refractivity contribution in [3.63, 3.8) is 0 Å². The number of hydrogen-bond donors (Lipinski definition) is 0. The molecule has 0 fully saturated rings. The first kappa shape index (κ1) is 14.3. The van der Waals surface area contributed by atoms with Gasteiger partial charge in [-0.15, -0.1) is 5.10 Å². The van der Waals surface area contributed by atoms with Crippen molar-refractivity contribution in [3.8, 4) is 17.0 Å². The van der Waals surface area contributed by atoms with Crippen LogP contribution in [0.4, 0.5) is 0 Å². The fourth-order valence-electron chi connectivity index (χ4n) is 1.81. The molecule has 106 valence electrons. The number of nitrogens with zero attached hydrogens (tertiary/aromatic N) is 3. The van der Waals surface area contributed by atoms with E-state index in [4.69, 9.17) is 27.6 Å². The van der Waals surface area contributed by atoms with Crippen LogP contribution in [0.3, 0.4) is 0 Å². The predicted octanol–water partition coefficient (Wildman–Crippen LogP) is 3.96. The largest absolute Gasteiger partial charge is 0.422 e. The summed E-state index contributed by atoms with van der Waals surface area (Å²) in [6.45, 7) is 0. The Balaban J connectivity index is 2.23. The Bertz CT molecular complexity index is 876. The molecule has 3 aromatic rings. The van der Waals surface area contributed by atoms with Crippen LogP contribution >= 0.6 is 39.1 Å². The van der Waals surface area contributed by atoms with Crippen molar-refractivity contribution >= 4 is 39.1 Å². The number of halogens is 3. The fraction of sp³-hybridized carbons (Fsp3) is 0.